The minimum atomic E-state index is 0. The zero-order valence-electron chi connectivity index (χ0n) is 15.5. The number of methoxy groups -OCH3 is 1. The minimum absolute atomic E-state index is 0. The van der Waals surface area contributed by atoms with Gasteiger partial charge in [-0.1, -0.05) is 42.5 Å². The molecule has 2 aromatic carbocycles. The summed E-state index contributed by atoms with van der Waals surface area (Å²) in [5.41, 5.74) is 2.80. The largest absolute Gasteiger partial charge is 0.497 e. The van der Waals surface area contributed by atoms with E-state index in [0.29, 0.717) is 0 Å². The van der Waals surface area contributed by atoms with Crippen LogP contribution < -0.4 is 4.74 Å². The molecule has 0 atom stereocenters. The van der Waals surface area contributed by atoms with E-state index in [-0.39, 0.29) is 24.8 Å². The third-order valence-corrected chi connectivity index (χ3v) is 4.88. The summed E-state index contributed by atoms with van der Waals surface area (Å²) in [6.07, 6.45) is 2.26. The van der Waals surface area contributed by atoms with Crippen LogP contribution in [0.4, 0.5) is 0 Å². The molecule has 1 fully saturated rings. The van der Waals surface area contributed by atoms with Crippen LogP contribution in [0, 0.1) is 0 Å². The molecular weight excluding hydrogens is 367 g/mol. The van der Waals surface area contributed by atoms with Crippen LogP contribution in [0.1, 0.15) is 11.1 Å². The molecule has 1 aliphatic rings. The van der Waals surface area contributed by atoms with Crippen LogP contribution in [-0.2, 0) is 12.8 Å². The fraction of sp³-hybridized carbons (Fsp3) is 0.429. The molecule has 3 rings (SSSR count). The van der Waals surface area contributed by atoms with Gasteiger partial charge in [0.1, 0.15) is 5.75 Å². The maximum atomic E-state index is 5.30. The summed E-state index contributed by atoms with van der Waals surface area (Å²) < 4.78 is 5.30. The van der Waals surface area contributed by atoms with Crippen LogP contribution in [0.2, 0.25) is 0 Å². The predicted molar refractivity (Wildman–Crippen MR) is 114 cm³/mol. The minimum Gasteiger partial charge on any atom is -0.497 e. The van der Waals surface area contributed by atoms with Crippen molar-refractivity contribution < 1.29 is 4.74 Å². The van der Waals surface area contributed by atoms with Gasteiger partial charge in [-0.2, -0.15) is 0 Å². The van der Waals surface area contributed by atoms with E-state index >= 15 is 0 Å². The molecule has 1 aliphatic heterocycles. The van der Waals surface area contributed by atoms with Crippen LogP contribution >= 0.6 is 24.8 Å². The molecule has 0 saturated carbocycles. The maximum Gasteiger partial charge on any atom is 0.119 e. The van der Waals surface area contributed by atoms with E-state index in [0.717, 1.165) is 25.1 Å². The van der Waals surface area contributed by atoms with Crippen molar-refractivity contribution in [3.63, 3.8) is 0 Å². The first-order valence-electron chi connectivity index (χ1n) is 8.95. The Hall–Kier alpha value is -1.26. The number of halogens is 2. The van der Waals surface area contributed by atoms with E-state index in [9.17, 15) is 0 Å². The lowest BCUT2D eigenvalue weighted by atomic mass is 10.1. The first-order chi connectivity index (χ1) is 11.8. The number of hydrogen-bond acceptors (Lipinski definition) is 3. The van der Waals surface area contributed by atoms with Gasteiger partial charge in [0.25, 0.3) is 0 Å². The Kier molecular flexibility index (Phi) is 10.7. The van der Waals surface area contributed by atoms with Crippen LogP contribution in [0.15, 0.2) is 54.6 Å². The highest BCUT2D eigenvalue weighted by Gasteiger charge is 2.16. The van der Waals surface area contributed by atoms with Gasteiger partial charge in [-0.3, -0.25) is 0 Å². The summed E-state index contributed by atoms with van der Waals surface area (Å²) in [4.78, 5) is 5.17. The molecule has 3 nitrogen and oxygen atoms in total. The average molecular weight is 397 g/mol. The molecule has 5 heteroatoms. The smallest absolute Gasteiger partial charge is 0.119 e. The molecule has 0 aromatic heterocycles. The second kappa shape index (κ2) is 12.2. The second-order valence-electron chi connectivity index (χ2n) is 6.52. The molecule has 0 unspecified atom stereocenters. The van der Waals surface area contributed by atoms with Gasteiger partial charge in [0, 0.05) is 39.3 Å². The van der Waals surface area contributed by atoms with Gasteiger partial charge in [-0.05, 0) is 36.1 Å². The topological polar surface area (TPSA) is 15.7 Å². The monoisotopic (exact) mass is 396 g/mol. The van der Waals surface area contributed by atoms with Crippen LogP contribution in [0.25, 0.3) is 0 Å². The third kappa shape index (κ3) is 7.16. The van der Waals surface area contributed by atoms with Crippen molar-refractivity contribution in [2.45, 2.75) is 12.8 Å². The van der Waals surface area contributed by atoms with Crippen molar-refractivity contribution in [2.75, 3.05) is 46.4 Å². The zero-order valence-corrected chi connectivity index (χ0v) is 17.1. The van der Waals surface area contributed by atoms with E-state index in [2.05, 4.69) is 58.3 Å². The molecule has 1 heterocycles. The number of hydrogen-bond donors (Lipinski definition) is 0. The average Bonchev–Trinajstić information content (AvgIpc) is 2.66. The number of piperazine rings is 1. The molecule has 0 spiro atoms. The molecular formula is C21H30Cl2N2O. The Morgan fingerprint density at radius 3 is 1.85 bits per heavy atom. The number of ether oxygens (including phenoxy) is 1. The second-order valence-corrected chi connectivity index (χ2v) is 6.52. The summed E-state index contributed by atoms with van der Waals surface area (Å²) in [5, 5.41) is 0. The highest BCUT2D eigenvalue weighted by molar-refractivity contribution is 5.85. The molecule has 0 aliphatic carbocycles. The molecule has 0 N–H and O–H groups in total. The molecule has 2 aromatic rings. The molecule has 1 saturated heterocycles. The number of rotatable bonds is 7. The van der Waals surface area contributed by atoms with E-state index in [4.69, 9.17) is 4.74 Å². The van der Waals surface area contributed by atoms with Crippen molar-refractivity contribution in [2.24, 2.45) is 0 Å². The van der Waals surface area contributed by atoms with Crippen LogP contribution in [0.5, 0.6) is 5.75 Å². The highest BCUT2D eigenvalue weighted by atomic mass is 35.5. The third-order valence-electron chi connectivity index (χ3n) is 4.88. The van der Waals surface area contributed by atoms with E-state index in [1.54, 1.807) is 7.11 Å². The van der Waals surface area contributed by atoms with Crippen molar-refractivity contribution >= 4 is 24.8 Å². The van der Waals surface area contributed by atoms with Crippen molar-refractivity contribution in [3.05, 3.63) is 65.7 Å². The SMILES string of the molecule is COc1cccc(CCN2CCN(CCc3ccccc3)CC2)c1.Cl.Cl. The van der Waals surface area contributed by atoms with Gasteiger partial charge in [0.2, 0.25) is 0 Å². The summed E-state index contributed by atoms with van der Waals surface area (Å²) in [6, 6.07) is 19.2. The Labute approximate surface area is 170 Å². The van der Waals surface area contributed by atoms with Gasteiger partial charge in [-0.25, -0.2) is 0 Å². The highest BCUT2D eigenvalue weighted by Crippen LogP contribution is 2.14. The van der Waals surface area contributed by atoms with Crippen LogP contribution in [-0.4, -0.2) is 56.2 Å². The predicted octanol–water partition coefficient (Wildman–Crippen LogP) is 3.94. The normalized spacial score (nSPS) is 15.0. The Bertz CT molecular complexity index is 616. The Morgan fingerprint density at radius 2 is 1.27 bits per heavy atom. The maximum absolute atomic E-state index is 5.30. The molecule has 0 radical (unpaired) electrons. The Balaban J connectivity index is 0.00000169. The van der Waals surface area contributed by atoms with E-state index in [1.807, 2.05) is 6.07 Å². The van der Waals surface area contributed by atoms with Crippen LogP contribution in [0.3, 0.4) is 0 Å². The summed E-state index contributed by atoms with van der Waals surface area (Å²) in [7, 11) is 1.73. The number of benzene rings is 2. The van der Waals surface area contributed by atoms with E-state index in [1.165, 1.54) is 43.9 Å². The van der Waals surface area contributed by atoms with Gasteiger partial charge in [-0.15, -0.1) is 24.8 Å². The molecule has 26 heavy (non-hydrogen) atoms. The molecule has 0 amide bonds. The van der Waals surface area contributed by atoms with Crippen molar-refractivity contribution in [1.82, 2.24) is 9.80 Å². The lowest BCUT2D eigenvalue weighted by molar-refractivity contribution is 0.134. The molecule has 0 bridgehead atoms. The summed E-state index contributed by atoms with van der Waals surface area (Å²) in [6.45, 7) is 7.04. The summed E-state index contributed by atoms with van der Waals surface area (Å²) >= 11 is 0. The van der Waals surface area contributed by atoms with Crippen molar-refractivity contribution in [3.8, 4) is 5.75 Å². The first-order valence-corrected chi connectivity index (χ1v) is 8.95. The summed E-state index contributed by atoms with van der Waals surface area (Å²) in [5.74, 6) is 0.957. The van der Waals surface area contributed by atoms with Gasteiger partial charge in [0.15, 0.2) is 0 Å². The van der Waals surface area contributed by atoms with Gasteiger partial charge in [0.05, 0.1) is 7.11 Å². The quantitative estimate of drug-likeness (QED) is 0.704. The lowest BCUT2D eigenvalue weighted by Gasteiger charge is -2.34. The zero-order chi connectivity index (χ0) is 16.6. The van der Waals surface area contributed by atoms with Crippen molar-refractivity contribution in [1.29, 1.82) is 0 Å². The van der Waals surface area contributed by atoms with E-state index < -0.39 is 0 Å². The fourth-order valence-electron chi connectivity index (χ4n) is 3.28. The molecule has 144 valence electrons. The number of nitrogens with zero attached hydrogens (tertiary/aromatic N) is 2. The fourth-order valence-corrected chi connectivity index (χ4v) is 3.28. The van der Waals surface area contributed by atoms with Gasteiger partial charge >= 0.3 is 0 Å². The standard InChI is InChI=1S/C21H28N2O.2ClH/c1-24-21-9-5-8-20(18-21)11-13-23-16-14-22(15-17-23)12-10-19-6-3-2-4-7-19;;/h2-9,18H,10-17H2,1H3;2*1H. The Morgan fingerprint density at radius 1 is 0.731 bits per heavy atom. The first kappa shape index (κ1) is 22.8. The lowest BCUT2D eigenvalue weighted by Crippen LogP contribution is -2.47. The van der Waals surface area contributed by atoms with Gasteiger partial charge < -0.3 is 14.5 Å².